The molecule has 0 radical (unpaired) electrons. The van der Waals surface area contributed by atoms with Crippen molar-refractivity contribution in [1.29, 1.82) is 0 Å². The number of piperidine rings is 1. The molecule has 1 fully saturated rings. The van der Waals surface area contributed by atoms with E-state index in [1.807, 2.05) is 24.3 Å². The summed E-state index contributed by atoms with van der Waals surface area (Å²) in [5, 5.41) is 15.5. The number of hydrogen-bond acceptors (Lipinski definition) is 4. The summed E-state index contributed by atoms with van der Waals surface area (Å²) >= 11 is 0. The molecule has 0 amide bonds. The van der Waals surface area contributed by atoms with Crippen molar-refractivity contribution in [3.05, 3.63) is 114 Å². The Morgan fingerprint density at radius 2 is 1.71 bits per heavy atom. The standard InChI is InChI=1S/C33H36N2O3/c1-24(29-16-9-14-25-12-5-7-15-30(25)29)34-20-27-18-19-35(22-31(27)26-10-3-2-4-11-26)21-28-13-6-8-17-32(28)38-23-33(36)37/h2-17,24,27,31,34H,18-23H2,1H3,(H,36,37)/t24-,27?,31?/m1/s1. The molecule has 0 bridgehead atoms. The van der Waals surface area contributed by atoms with Crippen LogP contribution in [0.4, 0.5) is 0 Å². The van der Waals surface area contributed by atoms with Gasteiger partial charge in [-0.25, -0.2) is 4.79 Å². The molecule has 1 aliphatic rings. The van der Waals surface area contributed by atoms with Crippen molar-refractivity contribution in [2.24, 2.45) is 5.92 Å². The van der Waals surface area contributed by atoms with E-state index in [1.54, 1.807) is 0 Å². The first-order chi connectivity index (χ1) is 18.6. The number of nitrogens with zero attached hydrogens (tertiary/aromatic N) is 1. The second-order valence-corrected chi connectivity index (χ2v) is 10.3. The van der Waals surface area contributed by atoms with Crippen molar-refractivity contribution in [3.8, 4) is 5.75 Å². The van der Waals surface area contributed by atoms with Crippen LogP contribution in [0.1, 0.15) is 42.0 Å². The van der Waals surface area contributed by atoms with Gasteiger partial charge in [-0.2, -0.15) is 0 Å². The van der Waals surface area contributed by atoms with Gasteiger partial charge in [-0.15, -0.1) is 0 Å². The minimum atomic E-state index is -0.963. The highest BCUT2D eigenvalue weighted by Crippen LogP contribution is 2.34. The molecule has 5 nitrogen and oxygen atoms in total. The zero-order valence-electron chi connectivity index (χ0n) is 21.9. The number of carbonyl (C=O) groups is 1. The van der Waals surface area contributed by atoms with E-state index in [0.717, 1.165) is 38.2 Å². The van der Waals surface area contributed by atoms with Gasteiger partial charge in [-0.3, -0.25) is 4.90 Å². The molecule has 4 aromatic rings. The number of fused-ring (bicyclic) bond motifs is 1. The molecule has 38 heavy (non-hydrogen) atoms. The van der Waals surface area contributed by atoms with E-state index in [0.29, 0.717) is 17.6 Å². The van der Waals surface area contributed by atoms with Gasteiger partial charge >= 0.3 is 5.97 Å². The number of carboxylic acids is 1. The van der Waals surface area contributed by atoms with Crippen LogP contribution in [0.2, 0.25) is 0 Å². The number of likely N-dealkylation sites (tertiary alicyclic amines) is 1. The molecule has 2 N–H and O–H groups in total. The fourth-order valence-electron chi connectivity index (χ4n) is 5.76. The van der Waals surface area contributed by atoms with Crippen LogP contribution in [0.15, 0.2) is 97.1 Å². The Morgan fingerprint density at radius 3 is 2.55 bits per heavy atom. The largest absolute Gasteiger partial charge is 0.482 e. The summed E-state index contributed by atoms with van der Waals surface area (Å²) < 4.78 is 5.57. The van der Waals surface area contributed by atoms with Gasteiger partial charge in [-0.05, 0) is 60.3 Å². The average Bonchev–Trinajstić information content (AvgIpc) is 2.96. The van der Waals surface area contributed by atoms with Crippen LogP contribution in [0, 0.1) is 5.92 Å². The summed E-state index contributed by atoms with van der Waals surface area (Å²) in [6, 6.07) is 34.0. The van der Waals surface area contributed by atoms with Crippen LogP contribution < -0.4 is 10.1 Å². The van der Waals surface area contributed by atoms with Crippen molar-refractivity contribution in [2.45, 2.75) is 31.8 Å². The predicted octanol–water partition coefficient (Wildman–Crippen LogP) is 6.26. The Bertz CT molecular complexity index is 1350. The number of nitrogens with one attached hydrogen (secondary N) is 1. The minimum absolute atomic E-state index is 0.258. The predicted molar refractivity (Wildman–Crippen MR) is 153 cm³/mol. The molecule has 3 atom stereocenters. The normalized spacial score (nSPS) is 18.8. The highest BCUT2D eigenvalue weighted by Gasteiger charge is 2.31. The molecule has 0 aliphatic carbocycles. The molecular weight excluding hydrogens is 472 g/mol. The van der Waals surface area contributed by atoms with Crippen LogP contribution >= 0.6 is 0 Å². The average molecular weight is 509 g/mol. The Kier molecular flexibility index (Phi) is 8.37. The Hall–Kier alpha value is -3.67. The number of benzene rings is 4. The molecule has 1 saturated heterocycles. The maximum absolute atomic E-state index is 11.0. The summed E-state index contributed by atoms with van der Waals surface area (Å²) in [5.41, 5.74) is 3.74. The number of carboxylic acid groups (broad SMARTS) is 1. The van der Waals surface area contributed by atoms with Gasteiger partial charge in [-0.1, -0.05) is 91.0 Å². The summed E-state index contributed by atoms with van der Waals surface area (Å²) in [6.07, 6.45) is 1.09. The molecule has 1 aliphatic heterocycles. The van der Waals surface area contributed by atoms with Gasteiger partial charge < -0.3 is 15.2 Å². The summed E-state index contributed by atoms with van der Waals surface area (Å²) in [4.78, 5) is 13.5. The van der Waals surface area contributed by atoms with Gasteiger partial charge in [0.1, 0.15) is 5.75 Å². The first-order valence-electron chi connectivity index (χ1n) is 13.5. The summed E-state index contributed by atoms with van der Waals surface area (Å²) in [7, 11) is 0. The third-order valence-electron chi connectivity index (χ3n) is 7.76. The van der Waals surface area contributed by atoms with E-state index in [-0.39, 0.29) is 12.6 Å². The first kappa shape index (κ1) is 26.0. The van der Waals surface area contributed by atoms with Gasteiger partial charge in [0.2, 0.25) is 0 Å². The zero-order valence-corrected chi connectivity index (χ0v) is 21.9. The molecule has 0 saturated carbocycles. The lowest BCUT2D eigenvalue weighted by molar-refractivity contribution is -0.139. The molecule has 5 rings (SSSR count). The quantitative estimate of drug-likeness (QED) is 0.265. The van der Waals surface area contributed by atoms with Crippen molar-refractivity contribution in [3.63, 3.8) is 0 Å². The highest BCUT2D eigenvalue weighted by atomic mass is 16.5. The SMILES string of the molecule is C[C@@H](NCC1CCN(Cc2ccccc2OCC(=O)O)CC1c1ccccc1)c1cccc2ccccc12. The van der Waals surface area contributed by atoms with E-state index < -0.39 is 5.97 Å². The molecule has 2 unspecified atom stereocenters. The third kappa shape index (κ3) is 6.24. The van der Waals surface area contributed by atoms with Gasteiger partial charge in [0.05, 0.1) is 0 Å². The maximum Gasteiger partial charge on any atom is 0.341 e. The third-order valence-corrected chi connectivity index (χ3v) is 7.76. The first-order valence-corrected chi connectivity index (χ1v) is 13.5. The fourth-order valence-corrected chi connectivity index (χ4v) is 5.76. The zero-order chi connectivity index (χ0) is 26.3. The van der Waals surface area contributed by atoms with Crippen LogP contribution in [0.25, 0.3) is 10.8 Å². The Labute approximate surface area is 225 Å². The van der Waals surface area contributed by atoms with Crippen molar-refractivity contribution in [1.82, 2.24) is 10.2 Å². The molecule has 4 aromatic carbocycles. The number of para-hydroxylation sites is 1. The monoisotopic (exact) mass is 508 g/mol. The second-order valence-electron chi connectivity index (χ2n) is 10.3. The van der Waals surface area contributed by atoms with Crippen LogP contribution in [0.5, 0.6) is 5.75 Å². The summed E-state index contributed by atoms with van der Waals surface area (Å²) in [6.45, 7) is 5.58. The topological polar surface area (TPSA) is 61.8 Å². The second kappa shape index (κ2) is 12.2. The number of aliphatic carboxylic acids is 1. The smallest absolute Gasteiger partial charge is 0.341 e. The van der Waals surface area contributed by atoms with Crippen molar-refractivity contribution >= 4 is 16.7 Å². The molecular formula is C33H36N2O3. The minimum Gasteiger partial charge on any atom is -0.482 e. The van der Waals surface area contributed by atoms with Gasteiger partial charge in [0.15, 0.2) is 6.61 Å². The molecule has 5 heteroatoms. The van der Waals surface area contributed by atoms with Gasteiger partial charge in [0.25, 0.3) is 0 Å². The van der Waals surface area contributed by atoms with E-state index in [4.69, 9.17) is 9.84 Å². The molecule has 0 aromatic heterocycles. The van der Waals surface area contributed by atoms with E-state index in [9.17, 15) is 4.79 Å². The van der Waals surface area contributed by atoms with Crippen molar-refractivity contribution < 1.29 is 14.6 Å². The number of hydrogen-bond donors (Lipinski definition) is 2. The maximum atomic E-state index is 11.0. The number of ether oxygens (including phenoxy) is 1. The fraction of sp³-hybridized carbons (Fsp3) is 0.303. The lowest BCUT2D eigenvalue weighted by Gasteiger charge is -2.40. The van der Waals surface area contributed by atoms with Gasteiger partial charge in [0, 0.05) is 30.6 Å². The van der Waals surface area contributed by atoms with Crippen molar-refractivity contribution in [2.75, 3.05) is 26.2 Å². The molecule has 1 heterocycles. The van der Waals surface area contributed by atoms with E-state index in [1.165, 1.54) is 21.9 Å². The van der Waals surface area contributed by atoms with E-state index >= 15 is 0 Å². The Morgan fingerprint density at radius 1 is 0.974 bits per heavy atom. The molecule has 0 spiro atoms. The molecule has 196 valence electrons. The van der Waals surface area contributed by atoms with Crippen LogP contribution in [-0.4, -0.2) is 42.2 Å². The lowest BCUT2D eigenvalue weighted by Crippen LogP contribution is -2.42. The number of rotatable bonds is 10. The van der Waals surface area contributed by atoms with Crippen LogP contribution in [0.3, 0.4) is 0 Å². The van der Waals surface area contributed by atoms with E-state index in [2.05, 4.69) is 89.9 Å². The Balaban J connectivity index is 1.29. The summed E-state index contributed by atoms with van der Waals surface area (Å²) in [5.74, 6) is 0.614. The van der Waals surface area contributed by atoms with Crippen LogP contribution in [-0.2, 0) is 11.3 Å². The lowest BCUT2D eigenvalue weighted by atomic mass is 9.80. The highest BCUT2D eigenvalue weighted by molar-refractivity contribution is 5.86.